The summed E-state index contributed by atoms with van der Waals surface area (Å²) in [6.07, 6.45) is 1.84. The lowest BCUT2D eigenvalue weighted by Crippen LogP contribution is -2.37. The minimum Gasteiger partial charge on any atom is -0.383 e. The van der Waals surface area contributed by atoms with Crippen LogP contribution >= 0.6 is 0 Å². The largest absolute Gasteiger partial charge is 0.383 e. The van der Waals surface area contributed by atoms with E-state index >= 15 is 0 Å². The second-order valence-electron chi connectivity index (χ2n) is 4.70. The van der Waals surface area contributed by atoms with Gasteiger partial charge in [-0.15, -0.1) is 0 Å². The third-order valence-corrected chi connectivity index (χ3v) is 2.67. The minimum absolute atomic E-state index is 0.207. The molecule has 1 atom stereocenters. The molecule has 13 heavy (non-hydrogen) atoms. The first-order valence-electron chi connectivity index (χ1n) is 4.47. The Balaban J connectivity index is 3.07. The van der Waals surface area contributed by atoms with E-state index in [1.54, 1.807) is 11.6 Å². The Morgan fingerprint density at radius 2 is 1.85 bits per heavy atom. The van der Waals surface area contributed by atoms with E-state index in [0.29, 0.717) is 0 Å². The van der Waals surface area contributed by atoms with Crippen molar-refractivity contribution in [3.63, 3.8) is 0 Å². The van der Waals surface area contributed by atoms with Gasteiger partial charge < -0.3 is 5.11 Å². The topological polar surface area (TPSA) is 38.0 Å². The standard InChI is InChI=1S/C10H18N2O/c1-9(2,3)10(4,13)8-6-7-12(5)11-8/h6-7,13H,1-5H3. The molecule has 0 aliphatic carbocycles. The van der Waals surface area contributed by atoms with Crippen LogP contribution in [0.1, 0.15) is 33.4 Å². The summed E-state index contributed by atoms with van der Waals surface area (Å²) in [7, 11) is 1.85. The Morgan fingerprint density at radius 1 is 1.31 bits per heavy atom. The molecule has 0 aliphatic rings. The zero-order valence-corrected chi connectivity index (χ0v) is 9.00. The molecule has 3 nitrogen and oxygen atoms in total. The van der Waals surface area contributed by atoms with Crippen molar-refractivity contribution in [1.29, 1.82) is 0 Å². The molecule has 0 saturated heterocycles. The molecule has 74 valence electrons. The van der Waals surface area contributed by atoms with E-state index < -0.39 is 5.60 Å². The molecule has 0 radical (unpaired) electrons. The summed E-state index contributed by atoms with van der Waals surface area (Å²) in [6.45, 7) is 7.81. The van der Waals surface area contributed by atoms with Crippen molar-refractivity contribution in [2.75, 3.05) is 0 Å². The summed E-state index contributed by atoms with van der Waals surface area (Å²) in [5, 5.41) is 14.5. The molecular weight excluding hydrogens is 164 g/mol. The van der Waals surface area contributed by atoms with E-state index in [9.17, 15) is 5.11 Å². The van der Waals surface area contributed by atoms with Crippen molar-refractivity contribution >= 4 is 0 Å². The van der Waals surface area contributed by atoms with Crippen molar-refractivity contribution in [3.05, 3.63) is 18.0 Å². The van der Waals surface area contributed by atoms with E-state index in [2.05, 4.69) is 5.10 Å². The molecule has 1 rings (SSSR count). The molecule has 3 heteroatoms. The molecule has 1 heterocycles. The summed E-state index contributed by atoms with van der Waals surface area (Å²) in [5.41, 5.74) is -0.363. The highest BCUT2D eigenvalue weighted by molar-refractivity contribution is 5.12. The van der Waals surface area contributed by atoms with Gasteiger partial charge in [0.25, 0.3) is 0 Å². The van der Waals surface area contributed by atoms with E-state index in [0.717, 1.165) is 5.69 Å². The molecule has 1 aromatic heterocycles. The third-order valence-electron chi connectivity index (χ3n) is 2.67. The SMILES string of the molecule is Cn1ccc(C(C)(O)C(C)(C)C)n1. The maximum absolute atomic E-state index is 10.3. The van der Waals surface area contributed by atoms with Crippen molar-refractivity contribution in [2.45, 2.75) is 33.3 Å². The average molecular weight is 182 g/mol. The Labute approximate surface area is 79.4 Å². The summed E-state index contributed by atoms with van der Waals surface area (Å²) in [4.78, 5) is 0. The molecule has 0 saturated carbocycles. The maximum atomic E-state index is 10.3. The van der Waals surface area contributed by atoms with Gasteiger partial charge in [0.05, 0.1) is 5.69 Å². The number of nitrogens with zero attached hydrogens (tertiary/aromatic N) is 2. The highest BCUT2D eigenvalue weighted by atomic mass is 16.3. The van der Waals surface area contributed by atoms with Crippen LogP contribution in [0.4, 0.5) is 0 Å². The summed E-state index contributed by atoms with van der Waals surface area (Å²) in [6, 6.07) is 1.85. The fourth-order valence-corrected chi connectivity index (χ4v) is 1.06. The molecule has 1 aromatic rings. The number of aromatic nitrogens is 2. The molecular formula is C10H18N2O. The van der Waals surface area contributed by atoms with Crippen LogP contribution in [0.2, 0.25) is 0 Å². The van der Waals surface area contributed by atoms with Gasteiger partial charge in [0, 0.05) is 13.2 Å². The maximum Gasteiger partial charge on any atom is 0.110 e. The van der Waals surface area contributed by atoms with Crippen molar-refractivity contribution < 1.29 is 5.11 Å². The smallest absolute Gasteiger partial charge is 0.110 e. The Kier molecular flexibility index (Phi) is 2.24. The molecule has 0 bridgehead atoms. The fraction of sp³-hybridized carbons (Fsp3) is 0.700. The van der Waals surface area contributed by atoms with E-state index in [1.165, 1.54) is 0 Å². The van der Waals surface area contributed by atoms with Gasteiger partial charge in [-0.25, -0.2) is 0 Å². The molecule has 0 aromatic carbocycles. The van der Waals surface area contributed by atoms with Gasteiger partial charge in [-0.3, -0.25) is 4.68 Å². The van der Waals surface area contributed by atoms with E-state index in [1.807, 2.05) is 40.1 Å². The molecule has 1 N–H and O–H groups in total. The van der Waals surface area contributed by atoms with Crippen molar-refractivity contribution in [3.8, 4) is 0 Å². The second-order valence-corrected chi connectivity index (χ2v) is 4.70. The summed E-state index contributed by atoms with van der Waals surface area (Å²) in [5.74, 6) is 0. The van der Waals surface area contributed by atoms with Crippen LogP contribution in [0.3, 0.4) is 0 Å². The first-order chi connectivity index (χ1) is 5.75. The lowest BCUT2D eigenvalue weighted by Gasteiger charge is -2.35. The molecule has 1 unspecified atom stereocenters. The number of rotatable bonds is 1. The summed E-state index contributed by atoms with van der Waals surface area (Å²) < 4.78 is 1.70. The van der Waals surface area contributed by atoms with Crippen LogP contribution in [-0.2, 0) is 12.6 Å². The van der Waals surface area contributed by atoms with Crippen LogP contribution in [0.5, 0.6) is 0 Å². The Hall–Kier alpha value is -0.830. The highest BCUT2D eigenvalue weighted by Gasteiger charge is 2.38. The monoisotopic (exact) mass is 182 g/mol. The molecule has 0 fully saturated rings. The van der Waals surface area contributed by atoms with Gasteiger partial charge in [-0.2, -0.15) is 5.10 Å². The van der Waals surface area contributed by atoms with Crippen molar-refractivity contribution in [1.82, 2.24) is 9.78 Å². The average Bonchev–Trinajstić information content (AvgIpc) is 2.33. The van der Waals surface area contributed by atoms with Gasteiger partial charge in [0.15, 0.2) is 0 Å². The van der Waals surface area contributed by atoms with Gasteiger partial charge in [-0.1, -0.05) is 20.8 Å². The van der Waals surface area contributed by atoms with Gasteiger partial charge in [0.1, 0.15) is 5.60 Å². The molecule has 0 amide bonds. The number of aryl methyl sites for hydroxylation is 1. The van der Waals surface area contributed by atoms with E-state index in [-0.39, 0.29) is 5.41 Å². The zero-order chi connectivity index (χ0) is 10.3. The Morgan fingerprint density at radius 3 is 2.15 bits per heavy atom. The van der Waals surface area contributed by atoms with Crippen LogP contribution < -0.4 is 0 Å². The number of hydrogen-bond acceptors (Lipinski definition) is 2. The predicted octanol–water partition coefficient (Wildman–Crippen LogP) is 1.67. The van der Waals surface area contributed by atoms with Crippen LogP contribution in [-0.4, -0.2) is 14.9 Å². The van der Waals surface area contributed by atoms with Crippen LogP contribution in [0, 0.1) is 5.41 Å². The zero-order valence-electron chi connectivity index (χ0n) is 9.00. The first-order valence-corrected chi connectivity index (χ1v) is 4.47. The number of hydrogen-bond donors (Lipinski definition) is 1. The Bertz CT molecular complexity index is 294. The third kappa shape index (κ3) is 1.75. The predicted molar refractivity (Wildman–Crippen MR) is 52.2 cm³/mol. The normalized spacial score (nSPS) is 17.1. The summed E-state index contributed by atoms with van der Waals surface area (Å²) >= 11 is 0. The van der Waals surface area contributed by atoms with Crippen LogP contribution in [0.15, 0.2) is 12.3 Å². The van der Waals surface area contributed by atoms with Crippen LogP contribution in [0.25, 0.3) is 0 Å². The minimum atomic E-state index is -0.881. The fourth-order valence-electron chi connectivity index (χ4n) is 1.06. The second kappa shape index (κ2) is 2.84. The molecule has 0 spiro atoms. The van der Waals surface area contributed by atoms with Crippen molar-refractivity contribution in [2.24, 2.45) is 12.5 Å². The van der Waals surface area contributed by atoms with E-state index in [4.69, 9.17) is 0 Å². The number of aliphatic hydroxyl groups is 1. The first kappa shape index (κ1) is 10.3. The highest BCUT2D eigenvalue weighted by Crippen LogP contribution is 2.37. The van der Waals surface area contributed by atoms with Gasteiger partial charge >= 0.3 is 0 Å². The molecule has 0 aliphatic heterocycles. The lowest BCUT2D eigenvalue weighted by molar-refractivity contribution is -0.0510. The van der Waals surface area contributed by atoms with Gasteiger partial charge in [0.2, 0.25) is 0 Å². The quantitative estimate of drug-likeness (QED) is 0.717. The lowest BCUT2D eigenvalue weighted by atomic mass is 9.76. The van der Waals surface area contributed by atoms with Gasteiger partial charge in [-0.05, 0) is 18.4 Å².